The Balaban J connectivity index is 1.48. The van der Waals surface area contributed by atoms with E-state index in [9.17, 15) is 9.18 Å². The number of anilines is 1. The lowest BCUT2D eigenvalue weighted by atomic mass is 9.91. The molecule has 5 rings (SSSR count). The summed E-state index contributed by atoms with van der Waals surface area (Å²) in [7, 11) is 0.319. The van der Waals surface area contributed by atoms with E-state index < -0.39 is 14.0 Å². The summed E-state index contributed by atoms with van der Waals surface area (Å²) in [5.74, 6) is 0.848. The van der Waals surface area contributed by atoms with E-state index >= 15 is 0 Å². The summed E-state index contributed by atoms with van der Waals surface area (Å²) in [6.45, 7) is 12.6. The molecule has 2 aliphatic heterocycles. The zero-order chi connectivity index (χ0) is 28.4. The maximum Gasteiger partial charge on any atom is 0.253 e. The first-order valence-corrected chi connectivity index (χ1v) is 17.4. The Morgan fingerprint density at radius 3 is 2.48 bits per heavy atom. The Morgan fingerprint density at radius 2 is 1.77 bits per heavy atom. The van der Waals surface area contributed by atoms with Crippen LogP contribution in [0.5, 0.6) is 5.75 Å². The minimum Gasteiger partial charge on any atom is -0.496 e. The van der Waals surface area contributed by atoms with Gasteiger partial charge in [0, 0.05) is 59.6 Å². The van der Waals surface area contributed by atoms with E-state index in [4.69, 9.17) is 9.47 Å². The number of benzene rings is 1. The molecule has 8 nitrogen and oxygen atoms in total. The summed E-state index contributed by atoms with van der Waals surface area (Å²) in [6, 6.07) is 12.8. The molecule has 0 aliphatic carbocycles. The molecule has 0 atom stereocenters. The topological polar surface area (TPSA) is 70.8 Å². The molecule has 4 heterocycles. The SMILES string of the molecule is COc1ccnc(F)c1-c1ccc2c(c1)C(c1ccnc(N3CCN(C(C)=O)CC3)c1)=[N+]2COCC[Si](C)(C)C. The smallest absolute Gasteiger partial charge is 0.253 e. The number of halogens is 1. The number of nitrogens with zero attached hydrogens (tertiary/aromatic N) is 5. The quantitative estimate of drug-likeness (QED) is 0.162. The molecule has 40 heavy (non-hydrogen) atoms. The fraction of sp³-hybridized carbons (Fsp3) is 0.400. The fourth-order valence-electron chi connectivity index (χ4n) is 5.15. The van der Waals surface area contributed by atoms with E-state index in [-0.39, 0.29) is 5.91 Å². The molecular formula is C30H37FN5O3Si+. The molecule has 0 unspecified atom stereocenters. The first-order valence-electron chi connectivity index (χ1n) is 13.7. The van der Waals surface area contributed by atoms with E-state index in [1.807, 2.05) is 35.4 Å². The van der Waals surface area contributed by atoms with E-state index in [2.05, 4.69) is 45.2 Å². The standard InChI is InChI=1S/C30H37FN5O3Si/c1-21(37)34-12-14-35(15-13-34)27-19-23(8-10-32-27)29-24-18-22(28-26(38-2)9-11-33-30(28)31)6-7-25(24)36(29)20-39-16-17-40(3,4)5/h6-11,18-19H,12-17,20H2,1-5H3/q+1. The van der Waals surface area contributed by atoms with Crippen LogP contribution in [0, 0.1) is 5.95 Å². The van der Waals surface area contributed by atoms with Crippen LogP contribution < -0.4 is 9.64 Å². The molecular weight excluding hydrogens is 525 g/mol. The van der Waals surface area contributed by atoms with Gasteiger partial charge in [-0.15, -0.1) is 0 Å². The van der Waals surface area contributed by atoms with Crippen LogP contribution in [0.3, 0.4) is 0 Å². The monoisotopic (exact) mass is 562 g/mol. The van der Waals surface area contributed by atoms with Gasteiger partial charge in [0.1, 0.15) is 17.1 Å². The van der Waals surface area contributed by atoms with Gasteiger partial charge >= 0.3 is 0 Å². The van der Waals surface area contributed by atoms with Crippen LogP contribution in [0.2, 0.25) is 25.7 Å². The highest BCUT2D eigenvalue weighted by Gasteiger charge is 2.38. The third-order valence-electron chi connectivity index (χ3n) is 7.47. The third-order valence-corrected chi connectivity index (χ3v) is 9.18. The van der Waals surface area contributed by atoms with Crippen molar-refractivity contribution in [1.29, 1.82) is 0 Å². The average molecular weight is 563 g/mol. The van der Waals surface area contributed by atoms with Crippen molar-refractivity contribution < 1.29 is 23.2 Å². The lowest BCUT2D eigenvalue weighted by molar-refractivity contribution is -0.500. The van der Waals surface area contributed by atoms with Gasteiger partial charge in [0.05, 0.1) is 24.8 Å². The van der Waals surface area contributed by atoms with Crippen molar-refractivity contribution in [2.45, 2.75) is 32.6 Å². The average Bonchev–Trinajstić information content (AvgIpc) is 2.92. The van der Waals surface area contributed by atoms with Crippen molar-refractivity contribution in [2.75, 3.05) is 51.5 Å². The molecule has 3 aromatic rings. The van der Waals surface area contributed by atoms with Crippen molar-refractivity contribution >= 4 is 31.2 Å². The molecule has 1 amide bonds. The number of carbonyl (C=O) groups excluding carboxylic acids is 1. The molecule has 2 aliphatic rings. The van der Waals surface area contributed by atoms with Gasteiger partial charge in [-0.05, 0) is 41.9 Å². The van der Waals surface area contributed by atoms with Gasteiger partial charge in [-0.2, -0.15) is 8.97 Å². The predicted molar refractivity (Wildman–Crippen MR) is 157 cm³/mol. The van der Waals surface area contributed by atoms with Crippen LogP contribution in [-0.4, -0.2) is 85.8 Å². The Hall–Kier alpha value is -3.63. The minimum absolute atomic E-state index is 0.102. The minimum atomic E-state index is -1.21. The van der Waals surface area contributed by atoms with E-state index in [0.29, 0.717) is 43.3 Å². The number of hydrogen-bond donors (Lipinski definition) is 0. The van der Waals surface area contributed by atoms with Gasteiger partial charge in [0.15, 0.2) is 0 Å². The predicted octanol–water partition coefficient (Wildman–Crippen LogP) is 4.77. The maximum absolute atomic E-state index is 14.8. The Labute approximate surface area is 236 Å². The lowest BCUT2D eigenvalue weighted by Gasteiger charge is -2.35. The number of pyridine rings is 2. The number of amides is 1. The number of piperazine rings is 1. The first-order chi connectivity index (χ1) is 19.2. The Kier molecular flexibility index (Phi) is 8.00. The summed E-state index contributed by atoms with van der Waals surface area (Å²) in [5.41, 5.74) is 5.11. The first kappa shape index (κ1) is 27.9. The summed E-state index contributed by atoms with van der Waals surface area (Å²) in [5, 5.41) is 0. The molecule has 0 saturated carbocycles. The van der Waals surface area contributed by atoms with E-state index in [1.54, 1.807) is 13.0 Å². The second-order valence-electron chi connectivity index (χ2n) is 11.4. The number of rotatable bonds is 9. The maximum atomic E-state index is 14.8. The normalized spacial score (nSPS) is 15.2. The van der Waals surface area contributed by atoms with Crippen molar-refractivity contribution in [3.05, 3.63) is 65.9 Å². The molecule has 1 fully saturated rings. The summed E-state index contributed by atoms with van der Waals surface area (Å²) in [4.78, 5) is 24.4. The second-order valence-corrected chi connectivity index (χ2v) is 17.1. The second kappa shape index (κ2) is 11.5. The summed E-state index contributed by atoms with van der Waals surface area (Å²) >= 11 is 0. The van der Waals surface area contributed by atoms with Crippen LogP contribution in [0.1, 0.15) is 18.1 Å². The molecule has 2 aromatic heterocycles. The van der Waals surface area contributed by atoms with Crippen molar-refractivity contribution in [3.8, 4) is 16.9 Å². The summed E-state index contributed by atoms with van der Waals surface area (Å²) < 4.78 is 28.6. The molecule has 0 N–H and O–H groups in total. The van der Waals surface area contributed by atoms with E-state index in [1.165, 1.54) is 13.3 Å². The van der Waals surface area contributed by atoms with Gasteiger partial charge < -0.3 is 19.3 Å². The van der Waals surface area contributed by atoms with Gasteiger partial charge in [-0.25, -0.2) is 9.97 Å². The molecule has 0 radical (unpaired) electrons. The number of aromatic nitrogens is 2. The molecule has 0 bridgehead atoms. The number of ether oxygens (including phenoxy) is 2. The van der Waals surface area contributed by atoms with Crippen LogP contribution in [0.15, 0.2) is 48.8 Å². The van der Waals surface area contributed by atoms with Gasteiger partial charge in [-0.1, -0.05) is 19.6 Å². The van der Waals surface area contributed by atoms with Crippen LogP contribution in [0.25, 0.3) is 11.1 Å². The molecule has 1 aromatic carbocycles. The number of hydrogen-bond acceptors (Lipinski definition) is 6. The van der Waals surface area contributed by atoms with Crippen molar-refractivity contribution in [3.63, 3.8) is 0 Å². The molecule has 10 heteroatoms. The van der Waals surface area contributed by atoms with Crippen molar-refractivity contribution in [2.24, 2.45) is 0 Å². The number of methoxy groups -OCH3 is 1. The zero-order valence-corrected chi connectivity index (χ0v) is 24.9. The highest BCUT2D eigenvalue weighted by atomic mass is 28.3. The Morgan fingerprint density at radius 1 is 1.02 bits per heavy atom. The zero-order valence-electron chi connectivity index (χ0n) is 23.9. The van der Waals surface area contributed by atoms with Gasteiger partial charge in [0.25, 0.3) is 6.73 Å². The lowest BCUT2D eigenvalue weighted by Crippen LogP contribution is -2.48. The third kappa shape index (κ3) is 5.78. The largest absolute Gasteiger partial charge is 0.496 e. The highest BCUT2D eigenvalue weighted by Crippen LogP contribution is 2.39. The molecule has 1 saturated heterocycles. The van der Waals surface area contributed by atoms with E-state index in [0.717, 1.165) is 47.5 Å². The molecule has 210 valence electrons. The molecule has 0 spiro atoms. The van der Waals surface area contributed by atoms with Crippen LogP contribution in [0.4, 0.5) is 15.9 Å². The number of fused-ring (bicyclic) bond motifs is 1. The van der Waals surface area contributed by atoms with Gasteiger partial charge in [-0.3, -0.25) is 4.79 Å². The van der Waals surface area contributed by atoms with Crippen LogP contribution >= 0.6 is 0 Å². The summed E-state index contributed by atoms with van der Waals surface area (Å²) in [6.07, 6.45) is 3.23. The van der Waals surface area contributed by atoms with Gasteiger partial charge in [0.2, 0.25) is 23.3 Å². The van der Waals surface area contributed by atoms with Crippen LogP contribution in [-0.2, 0) is 9.53 Å². The fourth-order valence-corrected chi connectivity index (χ4v) is 5.91. The Bertz CT molecular complexity index is 1450. The number of carbonyl (C=O) groups is 1. The van der Waals surface area contributed by atoms with Crippen molar-refractivity contribution in [1.82, 2.24) is 14.9 Å². The highest BCUT2D eigenvalue weighted by molar-refractivity contribution is 6.76.